The van der Waals surface area contributed by atoms with Crippen LogP contribution < -0.4 is 0 Å². The molecule has 0 aliphatic heterocycles. The molecule has 1 aromatic carbocycles. The van der Waals surface area contributed by atoms with Crippen molar-refractivity contribution in [2.75, 3.05) is 0 Å². The summed E-state index contributed by atoms with van der Waals surface area (Å²) < 4.78 is 6.02. The molecule has 0 spiro atoms. The van der Waals surface area contributed by atoms with Crippen molar-refractivity contribution in [1.29, 1.82) is 0 Å². The van der Waals surface area contributed by atoms with Gasteiger partial charge in [0.05, 0.1) is 0 Å². The molecule has 2 fully saturated rings. The number of aryl methyl sites for hydroxylation is 1. The molecule has 2 saturated carbocycles. The van der Waals surface area contributed by atoms with Gasteiger partial charge in [-0.05, 0) is 86.0 Å². The molecule has 27 heavy (non-hydrogen) atoms. The number of hydrogen-bond acceptors (Lipinski definition) is 3. The Morgan fingerprint density at radius 3 is 2.89 bits per heavy atom. The predicted octanol–water partition coefficient (Wildman–Crippen LogP) is 5.74. The Hall–Kier alpha value is -1.51. The van der Waals surface area contributed by atoms with Crippen LogP contribution in [0.3, 0.4) is 0 Å². The lowest BCUT2D eigenvalue weighted by molar-refractivity contribution is -0.157. The van der Waals surface area contributed by atoms with Crippen molar-refractivity contribution in [2.45, 2.75) is 90.1 Å². The van der Waals surface area contributed by atoms with E-state index in [1.165, 1.54) is 30.4 Å². The third kappa shape index (κ3) is 3.39. The summed E-state index contributed by atoms with van der Waals surface area (Å²) in [5, 5.41) is 9.82. The number of benzene rings is 1. The number of fused-ring (bicyclic) bond motifs is 5. The molecule has 4 rings (SSSR count). The Morgan fingerprint density at radius 2 is 2.07 bits per heavy atom. The molecule has 0 radical (unpaired) electrons. The number of hydrogen-bond donors (Lipinski definition) is 1. The van der Waals surface area contributed by atoms with Gasteiger partial charge in [0.1, 0.15) is 11.9 Å². The Bertz CT molecular complexity index is 697. The lowest BCUT2D eigenvalue weighted by Gasteiger charge is -2.50. The quantitative estimate of drug-likeness (QED) is 0.531. The van der Waals surface area contributed by atoms with Gasteiger partial charge in [0.2, 0.25) is 0 Å². The van der Waals surface area contributed by atoms with Crippen molar-refractivity contribution in [3.05, 3.63) is 29.3 Å². The molecule has 1 N–H and O–H groups in total. The number of phenolic OH excluding ortho intramolecular Hbond substituents is 1. The molecule has 3 nitrogen and oxygen atoms in total. The van der Waals surface area contributed by atoms with Crippen LogP contribution in [0.2, 0.25) is 0 Å². The normalized spacial score (nSPS) is 34.4. The highest BCUT2D eigenvalue weighted by Gasteiger charge is 2.56. The van der Waals surface area contributed by atoms with E-state index in [0.717, 1.165) is 38.5 Å². The van der Waals surface area contributed by atoms with Gasteiger partial charge < -0.3 is 9.84 Å². The zero-order valence-corrected chi connectivity index (χ0v) is 16.9. The Labute approximate surface area is 163 Å². The summed E-state index contributed by atoms with van der Waals surface area (Å²) >= 11 is 0. The maximum Gasteiger partial charge on any atom is 0.306 e. The van der Waals surface area contributed by atoms with Crippen molar-refractivity contribution >= 4 is 5.97 Å². The van der Waals surface area contributed by atoms with Crippen LogP contribution in [0.5, 0.6) is 5.75 Å². The fourth-order valence-corrected chi connectivity index (χ4v) is 6.45. The second-order valence-electron chi connectivity index (χ2n) is 9.36. The van der Waals surface area contributed by atoms with E-state index in [1.807, 2.05) is 12.1 Å². The smallest absolute Gasteiger partial charge is 0.306 e. The third-order valence-corrected chi connectivity index (χ3v) is 7.88. The lowest BCUT2D eigenvalue weighted by atomic mass is 9.55. The average molecular weight is 371 g/mol. The van der Waals surface area contributed by atoms with Crippen LogP contribution in [0, 0.1) is 17.3 Å². The van der Waals surface area contributed by atoms with Crippen molar-refractivity contribution in [3.63, 3.8) is 0 Å². The minimum Gasteiger partial charge on any atom is -0.508 e. The number of unbranched alkanes of at least 4 members (excludes halogenated alkanes) is 2. The van der Waals surface area contributed by atoms with Gasteiger partial charge in [-0.15, -0.1) is 0 Å². The molecule has 0 aromatic heterocycles. The zero-order valence-electron chi connectivity index (χ0n) is 16.9. The summed E-state index contributed by atoms with van der Waals surface area (Å²) in [7, 11) is 0. The number of carbonyl (C=O) groups is 1. The molecule has 0 saturated heterocycles. The first kappa shape index (κ1) is 18.8. The van der Waals surface area contributed by atoms with Crippen LogP contribution in [0.15, 0.2) is 18.2 Å². The van der Waals surface area contributed by atoms with E-state index in [2.05, 4.69) is 19.9 Å². The molecular formula is C24H34O3. The van der Waals surface area contributed by atoms with Crippen LogP contribution in [0.25, 0.3) is 0 Å². The molecule has 0 bridgehead atoms. The molecule has 1 aromatic rings. The SMILES string of the molecule is CCCCCC(=O)O[C@H]1CC[C@@H]2[C@@H]3CCc4cc(O)ccc4[C@H]3CC[C@]12C. The fraction of sp³-hybridized carbons (Fsp3) is 0.708. The van der Waals surface area contributed by atoms with E-state index in [1.54, 1.807) is 0 Å². The fourth-order valence-electron chi connectivity index (χ4n) is 6.45. The second kappa shape index (κ2) is 7.48. The first-order chi connectivity index (χ1) is 13.0. The van der Waals surface area contributed by atoms with E-state index >= 15 is 0 Å². The second-order valence-corrected chi connectivity index (χ2v) is 9.36. The summed E-state index contributed by atoms with van der Waals surface area (Å²) in [6.07, 6.45) is 10.7. The highest BCUT2D eigenvalue weighted by atomic mass is 16.5. The van der Waals surface area contributed by atoms with Gasteiger partial charge in [-0.25, -0.2) is 0 Å². The van der Waals surface area contributed by atoms with Crippen LogP contribution >= 0.6 is 0 Å². The van der Waals surface area contributed by atoms with Gasteiger partial charge >= 0.3 is 5.97 Å². The number of aromatic hydroxyl groups is 1. The van der Waals surface area contributed by atoms with Gasteiger partial charge in [0.25, 0.3) is 0 Å². The first-order valence-corrected chi connectivity index (χ1v) is 11.0. The van der Waals surface area contributed by atoms with Gasteiger partial charge in [-0.3, -0.25) is 4.79 Å². The average Bonchev–Trinajstić information content (AvgIpc) is 2.98. The molecule has 3 heteroatoms. The van der Waals surface area contributed by atoms with Crippen molar-refractivity contribution in [3.8, 4) is 5.75 Å². The van der Waals surface area contributed by atoms with E-state index < -0.39 is 0 Å². The van der Waals surface area contributed by atoms with E-state index in [4.69, 9.17) is 4.74 Å². The highest BCUT2D eigenvalue weighted by Crippen LogP contribution is 2.61. The summed E-state index contributed by atoms with van der Waals surface area (Å²) in [4.78, 5) is 12.3. The minimum atomic E-state index is 0.0157. The molecule has 0 unspecified atom stereocenters. The number of phenols is 1. The molecule has 0 amide bonds. The maximum absolute atomic E-state index is 12.3. The summed E-state index contributed by atoms with van der Waals surface area (Å²) in [6.45, 7) is 4.55. The number of carbonyl (C=O) groups excluding carboxylic acids is 1. The van der Waals surface area contributed by atoms with Crippen LogP contribution in [0.1, 0.15) is 88.7 Å². The van der Waals surface area contributed by atoms with Crippen molar-refractivity contribution < 1.29 is 14.6 Å². The van der Waals surface area contributed by atoms with Gasteiger partial charge in [0.15, 0.2) is 0 Å². The molecule has 3 aliphatic rings. The monoisotopic (exact) mass is 370 g/mol. The van der Waals surface area contributed by atoms with Gasteiger partial charge in [-0.2, -0.15) is 0 Å². The lowest BCUT2D eigenvalue weighted by Crippen LogP contribution is -2.45. The van der Waals surface area contributed by atoms with Crippen LogP contribution in [-0.4, -0.2) is 17.2 Å². The molecule has 0 heterocycles. The van der Waals surface area contributed by atoms with Gasteiger partial charge in [0, 0.05) is 11.8 Å². The number of ether oxygens (including phenoxy) is 1. The Kier molecular flexibility index (Phi) is 5.22. The molecule has 5 atom stereocenters. The predicted molar refractivity (Wildman–Crippen MR) is 107 cm³/mol. The summed E-state index contributed by atoms with van der Waals surface area (Å²) in [6, 6.07) is 5.98. The van der Waals surface area contributed by atoms with Crippen molar-refractivity contribution in [1.82, 2.24) is 0 Å². The Morgan fingerprint density at radius 1 is 1.22 bits per heavy atom. The minimum absolute atomic E-state index is 0.0157. The van der Waals surface area contributed by atoms with E-state index in [9.17, 15) is 9.90 Å². The zero-order chi connectivity index (χ0) is 19.0. The maximum atomic E-state index is 12.3. The number of esters is 1. The molecule has 148 valence electrons. The first-order valence-electron chi connectivity index (χ1n) is 11.0. The van der Waals surface area contributed by atoms with E-state index in [-0.39, 0.29) is 17.5 Å². The highest BCUT2D eigenvalue weighted by molar-refractivity contribution is 5.69. The number of rotatable bonds is 5. The standard InChI is InChI=1S/C24H34O3/c1-3-4-5-6-23(26)27-22-12-11-21-20-9-7-16-15-17(25)8-10-18(16)19(20)13-14-24(21,22)2/h8,10,15,19-22,25H,3-7,9,11-14H2,1-2H3/t19-,20-,21-,22+,24+/m1/s1. The summed E-state index contributed by atoms with van der Waals surface area (Å²) in [5.74, 6) is 2.38. The summed E-state index contributed by atoms with van der Waals surface area (Å²) in [5.41, 5.74) is 2.96. The topological polar surface area (TPSA) is 46.5 Å². The third-order valence-electron chi connectivity index (χ3n) is 7.88. The van der Waals surface area contributed by atoms with Gasteiger partial charge in [-0.1, -0.05) is 32.8 Å². The largest absolute Gasteiger partial charge is 0.508 e. The Balaban J connectivity index is 1.47. The van der Waals surface area contributed by atoms with E-state index in [0.29, 0.717) is 29.9 Å². The van der Waals surface area contributed by atoms with Crippen LogP contribution in [-0.2, 0) is 16.0 Å². The van der Waals surface area contributed by atoms with Crippen LogP contribution in [0.4, 0.5) is 0 Å². The molecule has 3 aliphatic carbocycles. The van der Waals surface area contributed by atoms with Crippen molar-refractivity contribution in [2.24, 2.45) is 17.3 Å². The molecular weight excluding hydrogens is 336 g/mol.